The van der Waals surface area contributed by atoms with Crippen molar-refractivity contribution in [1.82, 2.24) is 0 Å². The average Bonchev–Trinajstić information content (AvgIpc) is 3.03. The predicted octanol–water partition coefficient (Wildman–Crippen LogP) is 5.95. The maximum atomic E-state index is 14.2. The number of thiocarbonyl (C=S) groups is 1. The molecule has 2 aliphatic carbocycles. The van der Waals surface area contributed by atoms with E-state index in [9.17, 15) is 18.0 Å². The number of rotatable bonds is 8. The maximum Gasteiger partial charge on any atom is 1.00 e. The van der Waals surface area contributed by atoms with Crippen LogP contribution in [-0.4, -0.2) is 6.66 Å². The minimum atomic E-state index is -4.39. The fourth-order valence-corrected chi connectivity index (χ4v) is 10.9. The molecule has 34 heavy (non-hydrogen) atoms. The average molecular weight is 596 g/mol. The molecule has 0 amide bonds. The van der Waals surface area contributed by atoms with Gasteiger partial charge in [-0.3, -0.25) is 0 Å². The monoisotopic (exact) mass is 596 g/mol. The van der Waals surface area contributed by atoms with Gasteiger partial charge in [-0.05, 0) is 0 Å². The van der Waals surface area contributed by atoms with Crippen molar-refractivity contribution in [2.75, 3.05) is 0 Å². The van der Waals surface area contributed by atoms with Gasteiger partial charge in [-0.1, -0.05) is 0 Å². The summed E-state index contributed by atoms with van der Waals surface area (Å²) in [6.45, 7) is 3.32. The minimum absolute atomic E-state index is 0. The Balaban J connectivity index is 0.00000408. The molecule has 0 spiro atoms. The van der Waals surface area contributed by atoms with E-state index in [1.165, 1.54) is 19.1 Å². The van der Waals surface area contributed by atoms with Crippen LogP contribution < -0.4 is 18.9 Å². The van der Waals surface area contributed by atoms with Crippen LogP contribution in [0.15, 0.2) is 36.4 Å². The van der Waals surface area contributed by atoms with Crippen LogP contribution in [0.4, 0.5) is 13.2 Å². The standard InChI is InChI=1S/C27H33F3IOS.Li/c1-20-12-13-23(18-24(20)27(28,29)30)19-31(21(2)33)25(32)26(15-8-3-4-9-16-26)17-14-22-10-6-5-7-11-22;/h6-7,10,12-13,18,22H,3-4,8-9,11,14-17,19H2,1-2H3;/q-1;+1. The molecule has 1 fully saturated rings. The van der Waals surface area contributed by atoms with Crippen LogP contribution in [0.3, 0.4) is 0 Å². The predicted molar refractivity (Wildman–Crippen MR) is 142 cm³/mol. The van der Waals surface area contributed by atoms with E-state index >= 15 is 0 Å². The second-order valence-corrected chi connectivity index (χ2v) is 16.1. The van der Waals surface area contributed by atoms with Gasteiger partial charge in [-0.2, -0.15) is 0 Å². The number of hydrogen-bond acceptors (Lipinski definition) is 2. The zero-order valence-electron chi connectivity index (χ0n) is 20.4. The molecular formula is C27H33F3ILiOS. The number of halogens is 4. The van der Waals surface area contributed by atoms with Crippen LogP contribution in [0.1, 0.15) is 81.4 Å². The summed E-state index contributed by atoms with van der Waals surface area (Å²) in [5.74, 6) is 0.432. The molecule has 2 aliphatic rings. The van der Waals surface area contributed by atoms with Crippen molar-refractivity contribution >= 4 is 38.7 Å². The second kappa shape index (κ2) is 13.2. The molecule has 0 aromatic heterocycles. The third kappa shape index (κ3) is 7.79. The molecule has 0 aliphatic heterocycles. The third-order valence-corrected chi connectivity index (χ3v) is 14.0. The van der Waals surface area contributed by atoms with Crippen LogP contribution in [0, 0.1) is 24.3 Å². The Kier molecular flexibility index (Phi) is 11.6. The number of allylic oxidation sites excluding steroid dienone is 4. The summed E-state index contributed by atoms with van der Waals surface area (Å²) in [6.07, 6.45) is 13.9. The molecule has 0 saturated heterocycles. The molecule has 0 radical (unpaired) electrons. The topological polar surface area (TPSA) is 17.1 Å². The first-order valence-corrected chi connectivity index (χ1v) is 15.8. The number of benzene rings is 1. The summed E-state index contributed by atoms with van der Waals surface area (Å²) in [7, 11) is 0. The molecule has 1 atom stereocenters. The fourth-order valence-electron chi connectivity index (χ4n) is 4.91. The quantitative estimate of drug-likeness (QED) is 0.0702. The van der Waals surface area contributed by atoms with E-state index < -0.39 is 31.6 Å². The van der Waals surface area contributed by atoms with E-state index in [1.807, 2.05) is 13.0 Å². The van der Waals surface area contributed by atoms with E-state index in [4.69, 9.17) is 12.2 Å². The zero-order valence-corrected chi connectivity index (χ0v) is 23.4. The molecule has 1 unspecified atom stereocenters. The molecule has 0 N–H and O–H groups in total. The van der Waals surface area contributed by atoms with Crippen molar-refractivity contribution in [3.05, 3.63) is 59.2 Å². The molecule has 7 heteroatoms. The summed E-state index contributed by atoms with van der Waals surface area (Å²) in [5.41, 5.74) is -0.166. The van der Waals surface area contributed by atoms with Gasteiger partial charge in [0, 0.05) is 0 Å². The van der Waals surface area contributed by atoms with Crippen LogP contribution in [0.25, 0.3) is 0 Å². The van der Waals surface area contributed by atoms with Crippen molar-refractivity contribution in [3.63, 3.8) is 0 Å². The molecule has 182 valence electrons. The van der Waals surface area contributed by atoms with Gasteiger partial charge >= 0.3 is 228 Å². The summed E-state index contributed by atoms with van der Waals surface area (Å²) in [6, 6.07) is 4.51. The minimum Gasteiger partial charge on any atom is 1.00 e. The molecule has 0 heterocycles. The second-order valence-electron chi connectivity index (χ2n) is 9.35. The summed E-state index contributed by atoms with van der Waals surface area (Å²) < 4.78 is 41.8. The van der Waals surface area contributed by atoms with Crippen molar-refractivity contribution in [2.45, 2.75) is 82.2 Å². The van der Waals surface area contributed by atoms with E-state index in [2.05, 4.69) is 18.2 Å². The van der Waals surface area contributed by atoms with E-state index in [-0.39, 0.29) is 29.8 Å². The third-order valence-electron chi connectivity index (χ3n) is 6.90. The molecule has 1 aromatic carbocycles. The molecule has 1 saturated carbocycles. The fraction of sp³-hybridized carbons (Fsp3) is 0.556. The smallest absolute Gasteiger partial charge is 1.00 e. The van der Waals surface area contributed by atoms with Gasteiger partial charge in [0.25, 0.3) is 0 Å². The molecule has 1 aromatic rings. The Morgan fingerprint density at radius 1 is 1.21 bits per heavy atom. The Hall–Kier alpha value is -0.423. The van der Waals surface area contributed by atoms with Gasteiger partial charge in [0.2, 0.25) is 0 Å². The van der Waals surface area contributed by atoms with Crippen LogP contribution in [-0.2, 0) is 15.4 Å². The van der Waals surface area contributed by atoms with E-state index in [0.717, 1.165) is 60.7 Å². The Morgan fingerprint density at radius 3 is 2.44 bits per heavy atom. The van der Waals surface area contributed by atoms with Gasteiger partial charge in [-0.25, -0.2) is 0 Å². The summed E-state index contributed by atoms with van der Waals surface area (Å²) >= 11 is 3.10. The van der Waals surface area contributed by atoms with Crippen LogP contribution in [0.2, 0.25) is 0 Å². The Labute approximate surface area is 227 Å². The number of alkyl halides is 4. The first kappa shape index (κ1) is 29.8. The van der Waals surface area contributed by atoms with Gasteiger partial charge in [-0.15, -0.1) is 0 Å². The Bertz CT molecular complexity index is 917. The van der Waals surface area contributed by atoms with Crippen LogP contribution >= 0.6 is 32.0 Å². The van der Waals surface area contributed by atoms with Gasteiger partial charge < -0.3 is 0 Å². The van der Waals surface area contributed by atoms with Crippen molar-refractivity contribution < 1.29 is 36.8 Å². The maximum absolute atomic E-state index is 14.2. The molecular weight excluding hydrogens is 563 g/mol. The van der Waals surface area contributed by atoms with E-state index in [0.29, 0.717) is 19.7 Å². The summed E-state index contributed by atoms with van der Waals surface area (Å²) in [4.78, 5) is 14.2. The van der Waals surface area contributed by atoms with Gasteiger partial charge in [0.15, 0.2) is 0 Å². The molecule has 0 bridgehead atoms. The van der Waals surface area contributed by atoms with Crippen molar-refractivity contribution in [1.29, 1.82) is 0 Å². The largest absolute Gasteiger partial charge is 1.00 e. The van der Waals surface area contributed by atoms with Crippen molar-refractivity contribution in [3.8, 4) is 0 Å². The molecule has 3 rings (SSSR count). The first-order valence-electron chi connectivity index (χ1n) is 11.7. The van der Waals surface area contributed by atoms with Crippen LogP contribution in [0.5, 0.6) is 0 Å². The van der Waals surface area contributed by atoms with E-state index in [1.54, 1.807) is 6.07 Å². The number of carbonyl (C=O) groups is 1. The van der Waals surface area contributed by atoms with Crippen molar-refractivity contribution in [2.24, 2.45) is 11.3 Å². The van der Waals surface area contributed by atoms with Gasteiger partial charge in [0.05, 0.1) is 0 Å². The Morgan fingerprint density at radius 2 is 1.88 bits per heavy atom. The number of aryl methyl sites for hydroxylation is 1. The SMILES string of the molecule is CC(=S)I(Cc1ccc(C)c(C(F)(F)F)c1)C(=O)C1(CCC2C=C[C-]=CC2)CCCCCC1.[Li+]. The zero-order chi connectivity index (χ0) is 24.1. The normalized spacial score (nSPS) is 20.3. The van der Waals surface area contributed by atoms with Gasteiger partial charge in [0.1, 0.15) is 0 Å². The summed E-state index contributed by atoms with van der Waals surface area (Å²) in [5, 5.41) is 0. The number of carbonyl (C=O) groups excluding carboxylic acids is 1. The molecule has 1 nitrogen and oxygen atoms in total. The first-order chi connectivity index (χ1) is 15.6. The number of hydrogen-bond donors (Lipinski definition) is 0.